The third kappa shape index (κ3) is 7.93. The molecule has 1 aliphatic carbocycles. The van der Waals surface area contributed by atoms with Crippen molar-refractivity contribution in [2.75, 3.05) is 5.32 Å². The van der Waals surface area contributed by atoms with Gasteiger partial charge in [0.2, 0.25) is 5.91 Å². The Kier molecular flexibility index (Phi) is 8.66. The monoisotopic (exact) mass is 381 g/mol. The summed E-state index contributed by atoms with van der Waals surface area (Å²) in [5, 5.41) is 5.57. The van der Waals surface area contributed by atoms with E-state index >= 15 is 0 Å². The molecule has 2 atom stereocenters. The zero-order valence-electron chi connectivity index (χ0n) is 17.2. The van der Waals surface area contributed by atoms with Gasteiger partial charge in [-0.3, -0.25) is 4.79 Å². The predicted molar refractivity (Wildman–Crippen MR) is 104 cm³/mol. The van der Waals surface area contributed by atoms with Crippen molar-refractivity contribution in [3.05, 3.63) is 23.6 Å². The van der Waals surface area contributed by atoms with Gasteiger partial charge in [0.1, 0.15) is 17.2 Å². The van der Waals surface area contributed by atoms with Gasteiger partial charge in [-0.05, 0) is 58.6 Å². The molecule has 2 unspecified atom stereocenters. The van der Waals surface area contributed by atoms with Crippen molar-refractivity contribution in [1.82, 2.24) is 10.3 Å². The molecule has 1 aromatic heterocycles. The van der Waals surface area contributed by atoms with Crippen LogP contribution in [0.15, 0.2) is 12.3 Å². The SMILES string of the molecule is CC.Cc1cc(NC(=O)C2CCCC(NC(=O)OC(C)(C)C)C2)ncc1F. The van der Waals surface area contributed by atoms with Crippen molar-refractivity contribution in [3.8, 4) is 0 Å². The Balaban J connectivity index is 0.00000176. The summed E-state index contributed by atoms with van der Waals surface area (Å²) in [6, 6.07) is 1.41. The van der Waals surface area contributed by atoms with Crippen LogP contribution in [-0.4, -0.2) is 28.6 Å². The third-order valence-electron chi connectivity index (χ3n) is 4.06. The second kappa shape index (κ2) is 10.2. The van der Waals surface area contributed by atoms with Crippen molar-refractivity contribution < 1.29 is 18.7 Å². The lowest BCUT2D eigenvalue weighted by molar-refractivity contribution is -0.121. The van der Waals surface area contributed by atoms with E-state index in [1.165, 1.54) is 6.07 Å². The lowest BCUT2D eigenvalue weighted by Crippen LogP contribution is -2.43. The van der Waals surface area contributed by atoms with E-state index in [0.29, 0.717) is 17.8 Å². The highest BCUT2D eigenvalue weighted by Crippen LogP contribution is 2.26. The molecule has 1 saturated carbocycles. The molecule has 2 N–H and O–H groups in total. The number of hydrogen-bond donors (Lipinski definition) is 2. The van der Waals surface area contributed by atoms with E-state index in [9.17, 15) is 14.0 Å². The number of aromatic nitrogens is 1. The molecule has 1 aromatic rings. The second-order valence-corrected chi connectivity index (χ2v) is 7.51. The Morgan fingerprint density at radius 3 is 2.52 bits per heavy atom. The van der Waals surface area contributed by atoms with Crippen LogP contribution in [0.4, 0.5) is 15.0 Å². The summed E-state index contributed by atoms with van der Waals surface area (Å²) in [4.78, 5) is 28.2. The topological polar surface area (TPSA) is 80.3 Å². The largest absolute Gasteiger partial charge is 0.444 e. The minimum absolute atomic E-state index is 0.0951. The molecule has 1 fully saturated rings. The highest BCUT2D eigenvalue weighted by atomic mass is 19.1. The standard InChI is InChI=1S/C18H26FN3O3.C2H6/c1-11-8-15(20-10-14(11)19)22-16(23)12-6-5-7-13(9-12)21-17(24)25-18(2,3)4;1-2/h8,10,12-13H,5-7,9H2,1-4H3,(H,21,24)(H,20,22,23);1-2H3. The maximum atomic E-state index is 13.3. The molecule has 0 radical (unpaired) electrons. The quantitative estimate of drug-likeness (QED) is 0.803. The van der Waals surface area contributed by atoms with Crippen molar-refractivity contribution in [2.45, 2.75) is 78.9 Å². The van der Waals surface area contributed by atoms with Crippen LogP contribution < -0.4 is 10.6 Å². The first-order valence-corrected chi connectivity index (χ1v) is 9.56. The number of rotatable bonds is 3. The van der Waals surface area contributed by atoms with Gasteiger partial charge in [-0.15, -0.1) is 0 Å². The van der Waals surface area contributed by atoms with Gasteiger partial charge in [-0.2, -0.15) is 0 Å². The highest BCUT2D eigenvalue weighted by molar-refractivity contribution is 5.91. The number of hydrogen-bond acceptors (Lipinski definition) is 4. The molecule has 0 spiro atoms. The molecular formula is C20H32FN3O3. The molecule has 6 nitrogen and oxygen atoms in total. The first-order valence-electron chi connectivity index (χ1n) is 9.56. The van der Waals surface area contributed by atoms with Gasteiger partial charge in [0.25, 0.3) is 0 Å². The summed E-state index contributed by atoms with van der Waals surface area (Å²) in [7, 11) is 0. The number of alkyl carbamates (subject to hydrolysis) is 1. The van der Waals surface area contributed by atoms with Gasteiger partial charge in [0, 0.05) is 12.0 Å². The first kappa shape index (κ1) is 22.9. The Morgan fingerprint density at radius 1 is 1.26 bits per heavy atom. The number of carbonyl (C=O) groups is 2. The van der Waals surface area contributed by atoms with E-state index in [4.69, 9.17) is 4.74 Å². The van der Waals surface area contributed by atoms with Crippen molar-refractivity contribution in [2.24, 2.45) is 5.92 Å². The summed E-state index contributed by atoms with van der Waals surface area (Å²) in [6.07, 6.45) is 3.59. The Hall–Kier alpha value is -2.18. The summed E-state index contributed by atoms with van der Waals surface area (Å²) >= 11 is 0. The average Bonchev–Trinajstić information content (AvgIpc) is 2.58. The number of carbonyl (C=O) groups excluding carboxylic acids is 2. The summed E-state index contributed by atoms with van der Waals surface area (Å²) in [5.74, 6) is -0.446. The first-order chi connectivity index (χ1) is 12.6. The Bertz CT molecular complexity index is 644. The average molecular weight is 381 g/mol. The van der Waals surface area contributed by atoms with E-state index < -0.39 is 17.5 Å². The molecular weight excluding hydrogens is 349 g/mol. The smallest absolute Gasteiger partial charge is 0.407 e. The number of nitrogens with zero attached hydrogens (tertiary/aromatic N) is 1. The van der Waals surface area contributed by atoms with Crippen LogP contribution in [-0.2, 0) is 9.53 Å². The number of anilines is 1. The van der Waals surface area contributed by atoms with Crippen molar-refractivity contribution >= 4 is 17.8 Å². The van der Waals surface area contributed by atoms with Gasteiger partial charge < -0.3 is 15.4 Å². The molecule has 1 aliphatic rings. The molecule has 0 saturated heterocycles. The van der Waals surface area contributed by atoms with E-state index in [0.717, 1.165) is 25.5 Å². The fourth-order valence-electron chi connectivity index (χ4n) is 2.87. The number of ether oxygens (including phenoxy) is 1. The van der Waals surface area contributed by atoms with Gasteiger partial charge in [-0.25, -0.2) is 14.2 Å². The van der Waals surface area contributed by atoms with Crippen molar-refractivity contribution in [1.29, 1.82) is 0 Å². The van der Waals surface area contributed by atoms with Crippen LogP contribution in [0.2, 0.25) is 0 Å². The van der Waals surface area contributed by atoms with E-state index in [-0.39, 0.29) is 17.9 Å². The van der Waals surface area contributed by atoms with Crippen LogP contribution in [0, 0.1) is 18.7 Å². The predicted octanol–water partition coefficient (Wildman–Crippen LogP) is 4.58. The van der Waals surface area contributed by atoms with Crippen LogP contribution in [0.25, 0.3) is 0 Å². The molecule has 7 heteroatoms. The Morgan fingerprint density at radius 2 is 1.93 bits per heavy atom. The molecule has 152 valence electrons. The highest BCUT2D eigenvalue weighted by Gasteiger charge is 2.29. The van der Waals surface area contributed by atoms with Crippen LogP contribution in [0.5, 0.6) is 0 Å². The lowest BCUT2D eigenvalue weighted by Gasteiger charge is -2.30. The fraction of sp³-hybridized carbons (Fsp3) is 0.650. The number of pyridine rings is 1. The summed E-state index contributed by atoms with van der Waals surface area (Å²) in [6.45, 7) is 11.0. The molecule has 27 heavy (non-hydrogen) atoms. The molecule has 2 rings (SSSR count). The maximum absolute atomic E-state index is 13.3. The van der Waals surface area contributed by atoms with Gasteiger partial charge in [0.15, 0.2) is 0 Å². The van der Waals surface area contributed by atoms with Crippen molar-refractivity contribution in [3.63, 3.8) is 0 Å². The van der Waals surface area contributed by atoms with E-state index in [1.54, 1.807) is 27.7 Å². The Labute approximate surface area is 161 Å². The number of amides is 2. The number of aryl methyl sites for hydroxylation is 1. The summed E-state index contributed by atoms with van der Waals surface area (Å²) in [5.41, 5.74) is -0.125. The molecule has 1 heterocycles. The molecule has 0 aliphatic heterocycles. The molecule has 2 amide bonds. The number of nitrogens with one attached hydrogen (secondary N) is 2. The third-order valence-corrected chi connectivity index (χ3v) is 4.06. The lowest BCUT2D eigenvalue weighted by atomic mass is 9.85. The normalized spacial score (nSPS) is 19.4. The molecule has 0 aromatic carbocycles. The van der Waals surface area contributed by atoms with Crippen LogP contribution in [0.3, 0.4) is 0 Å². The van der Waals surface area contributed by atoms with Gasteiger partial charge in [0.05, 0.1) is 6.20 Å². The minimum Gasteiger partial charge on any atom is -0.444 e. The fourth-order valence-corrected chi connectivity index (χ4v) is 2.87. The van der Waals surface area contributed by atoms with Crippen LogP contribution >= 0.6 is 0 Å². The van der Waals surface area contributed by atoms with E-state index in [1.807, 2.05) is 13.8 Å². The van der Waals surface area contributed by atoms with Crippen LogP contribution in [0.1, 0.15) is 65.9 Å². The minimum atomic E-state index is -0.554. The second-order valence-electron chi connectivity index (χ2n) is 7.51. The molecule has 0 bridgehead atoms. The zero-order valence-corrected chi connectivity index (χ0v) is 17.2. The zero-order chi connectivity index (χ0) is 20.6. The van der Waals surface area contributed by atoms with Gasteiger partial charge >= 0.3 is 6.09 Å². The maximum Gasteiger partial charge on any atom is 0.407 e. The summed E-state index contributed by atoms with van der Waals surface area (Å²) < 4.78 is 18.5. The number of halogens is 1. The van der Waals surface area contributed by atoms with E-state index in [2.05, 4.69) is 15.6 Å². The van der Waals surface area contributed by atoms with Gasteiger partial charge in [-0.1, -0.05) is 20.3 Å².